The average Bonchev–Trinajstić information content (AvgIpc) is 3.18. The minimum Gasteiger partial charge on any atom is -0.357 e. The first-order valence-electron chi connectivity index (χ1n) is 10.4. The van der Waals surface area contributed by atoms with Crippen molar-refractivity contribution in [1.29, 1.82) is 0 Å². The summed E-state index contributed by atoms with van der Waals surface area (Å²) < 4.78 is 5.35. The Balaban J connectivity index is 1.50. The van der Waals surface area contributed by atoms with Crippen LogP contribution in [0.25, 0.3) is 0 Å². The fourth-order valence-corrected chi connectivity index (χ4v) is 3.24. The van der Waals surface area contributed by atoms with Gasteiger partial charge in [0.15, 0.2) is 11.8 Å². The molecule has 29 heavy (non-hydrogen) atoms. The minimum atomic E-state index is -0.152. The summed E-state index contributed by atoms with van der Waals surface area (Å²) in [4.78, 5) is 16.0. The van der Waals surface area contributed by atoms with Gasteiger partial charge in [-0.1, -0.05) is 32.0 Å². The van der Waals surface area contributed by atoms with Gasteiger partial charge >= 0.3 is 0 Å². The molecule has 0 amide bonds. The lowest BCUT2D eigenvalue weighted by Gasteiger charge is -2.32. The van der Waals surface area contributed by atoms with Crippen molar-refractivity contribution in [2.45, 2.75) is 65.1 Å². The Morgan fingerprint density at radius 2 is 2.07 bits per heavy atom. The van der Waals surface area contributed by atoms with Crippen LogP contribution in [0.15, 0.2) is 33.9 Å². The molecule has 0 radical (unpaired) electrons. The number of hydrogen-bond donors (Lipinski definition) is 2. The van der Waals surface area contributed by atoms with E-state index in [0.717, 1.165) is 50.7 Å². The van der Waals surface area contributed by atoms with Crippen molar-refractivity contribution < 1.29 is 4.52 Å². The van der Waals surface area contributed by atoms with Gasteiger partial charge in [0.25, 0.3) is 0 Å². The smallest absolute Gasteiger partial charge is 0.232 e. The van der Waals surface area contributed by atoms with Gasteiger partial charge in [0.1, 0.15) is 6.54 Å². The highest BCUT2D eigenvalue weighted by Gasteiger charge is 2.22. The van der Waals surface area contributed by atoms with Crippen molar-refractivity contribution in [2.24, 2.45) is 4.99 Å². The standard InChI is InChI=1S/C21H33N7O/c1-5-22-20(24-14-18-26-19(29-27-18)21(2,3)4)25-16-9-12-28(13-10-16)15-17-8-6-7-11-23-17/h6-8,11,16H,5,9-10,12-15H2,1-4H3,(H2,22,24,25). The van der Waals surface area contributed by atoms with Crippen LogP contribution >= 0.6 is 0 Å². The molecule has 0 spiro atoms. The van der Waals surface area contributed by atoms with Crippen LogP contribution in [0, 0.1) is 0 Å². The second kappa shape index (κ2) is 9.82. The van der Waals surface area contributed by atoms with Crippen LogP contribution < -0.4 is 10.6 Å². The van der Waals surface area contributed by atoms with Crippen molar-refractivity contribution in [2.75, 3.05) is 19.6 Å². The number of nitrogens with zero attached hydrogens (tertiary/aromatic N) is 5. The number of rotatable bonds is 6. The van der Waals surface area contributed by atoms with E-state index in [1.54, 1.807) is 0 Å². The molecule has 8 nitrogen and oxygen atoms in total. The summed E-state index contributed by atoms with van der Waals surface area (Å²) in [5.41, 5.74) is 0.976. The molecule has 0 atom stereocenters. The quantitative estimate of drug-likeness (QED) is 0.569. The first-order valence-corrected chi connectivity index (χ1v) is 10.4. The molecule has 0 saturated carbocycles. The summed E-state index contributed by atoms with van der Waals surface area (Å²) in [6, 6.07) is 6.50. The summed E-state index contributed by atoms with van der Waals surface area (Å²) in [5, 5.41) is 10.9. The molecule has 3 heterocycles. The largest absolute Gasteiger partial charge is 0.357 e. The summed E-state index contributed by atoms with van der Waals surface area (Å²) in [7, 11) is 0. The van der Waals surface area contributed by atoms with E-state index in [4.69, 9.17) is 4.52 Å². The third-order valence-corrected chi connectivity index (χ3v) is 4.87. The molecule has 0 aromatic carbocycles. The van der Waals surface area contributed by atoms with Gasteiger partial charge in [-0.2, -0.15) is 4.98 Å². The van der Waals surface area contributed by atoms with E-state index in [1.807, 2.05) is 18.3 Å². The second-order valence-corrected chi connectivity index (χ2v) is 8.48. The Labute approximate surface area is 173 Å². The Morgan fingerprint density at radius 1 is 1.28 bits per heavy atom. The van der Waals surface area contributed by atoms with Gasteiger partial charge in [0.05, 0.1) is 5.69 Å². The van der Waals surface area contributed by atoms with Gasteiger partial charge in [0.2, 0.25) is 5.89 Å². The lowest BCUT2D eigenvalue weighted by molar-refractivity contribution is 0.196. The Morgan fingerprint density at radius 3 is 2.69 bits per heavy atom. The predicted molar refractivity (Wildman–Crippen MR) is 113 cm³/mol. The first kappa shape index (κ1) is 21.2. The number of pyridine rings is 1. The molecule has 1 fully saturated rings. The average molecular weight is 400 g/mol. The zero-order valence-corrected chi connectivity index (χ0v) is 18.0. The number of nitrogens with one attached hydrogen (secondary N) is 2. The maximum atomic E-state index is 5.35. The molecule has 0 unspecified atom stereocenters. The van der Waals surface area contributed by atoms with Crippen LogP contribution in [0.5, 0.6) is 0 Å². The second-order valence-electron chi connectivity index (χ2n) is 8.48. The molecule has 2 aromatic heterocycles. The maximum absolute atomic E-state index is 5.35. The molecular formula is C21H33N7O. The van der Waals surface area contributed by atoms with E-state index in [2.05, 4.69) is 69.4 Å². The summed E-state index contributed by atoms with van der Waals surface area (Å²) >= 11 is 0. The lowest BCUT2D eigenvalue weighted by Crippen LogP contribution is -2.48. The van der Waals surface area contributed by atoms with Crippen molar-refractivity contribution in [3.8, 4) is 0 Å². The van der Waals surface area contributed by atoms with Crippen LogP contribution in [-0.2, 0) is 18.5 Å². The van der Waals surface area contributed by atoms with Crippen molar-refractivity contribution in [1.82, 2.24) is 30.7 Å². The number of aromatic nitrogens is 3. The summed E-state index contributed by atoms with van der Waals surface area (Å²) in [6.45, 7) is 12.4. The van der Waals surface area contributed by atoms with Crippen LogP contribution in [-0.4, -0.2) is 51.7 Å². The highest BCUT2D eigenvalue weighted by Crippen LogP contribution is 2.19. The van der Waals surface area contributed by atoms with E-state index >= 15 is 0 Å². The SMILES string of the molecule is CCNC(=NCc1noc(C(C)(C)C)n1)NC1CCN(Cc2ccccn2)CC1. The third-order valence-electron chi connectivity index (χ3n) is 4.87. The molecule has 8 heteroatoms. The molecule has 2 N–H and O–H groups in total. The maximum Gasteiger partial charge on any atom is 0.232 e. The van der Waals surface area contributed by atoms with Gasteiger partial charge in [0, 0.05) is 43.8 Å². The van der Waals surface area contributed by atoms with Crippen LogP contribution in [0.2, 0.25) is 0 Å². The van der Waals surface area contributed by atoms with Gasteiger partial charge in [-0.25, -0.2) is 4.99 Å². The number of piperidine rings is 1. The van der Waals surface area contributed by atoms with Gasteiger partial charge in [-0.05, 0) is 31.9 Å². The van der Waals surface area contributed by atoms with E-state index < -0.39 is 0 Å². The monoisotopic (exact) mass is 399 g/mol. The Hall–Kier alpha value is -2.48. The lowest BCUT2D eigenvalue weighted by atomic mass is 9.97. The van der Waals surface area contributed by atoms with E-state index in [1.165, 1.54) is 0 Å². The highest BCUT2D eigenvalue weighted by atomic mass is 16.5. The van der Waals surface area contributed by atoms with E-state index in [9.17, 15) is 0 Å². The molecule has 2 aromatic rings. The van der Waals surface area contributed by atoms with Gasteiger partial charge < -0.3 is 15.2 Å². The molecule has 158 valence electrons. The molecular weight excluding hydrogens is 366 g/mol. The fourth-order valence-electron chi connectivity index (χ4n) is 3.24. The molecule has 3 rings (SSSR count). The molecule has 1 aliphatic rings. The topological polar surface area (TPSA) is 91.5 Å². The van der Waals surface area contributed by atoms with E-state index in [0.29, 0.717) is 24.3 Å². The van der Waals surface area contributed by atoms with Crippen LogP contribution in [0.4, 0.5) is 0 Å². The van der Waals surface area contributed by atoms with Crippen molar-refractivity contribution >= 4 is 5.96 Å². The molecule has 0 aliphatic carbocycles. The predicted octanol–water partition coefficient (Wildman–Crippen LogP) is 2.48. The minimum absolute atomic E-state index is 0.152. The highest BCUT2D eigenvalue weighted by molar-refractivity contribution is 5.80. The number of guanidine groups is 1. The zero-order chi connectivity index (χ0) is 20.7. The molecule has 1 saturated heterocycles. The third kappa shape index (κ3) is 6.52. The fraction of sp³-hybridized carbons (Fsp3) is 0.619. The van der Waals surface area contributed by atoms with Crippen molar-refractivity contribution in [3.63, 3.8) is 0 Å². The summed E-state index contributed by atoms with van der Waals surface area (Å²) in [6.07, 6.45) is 4.01. The number of hydrogen-bond acceptors (Lipinski definition) is 6. The van der Waals surface area contributed by atoms with Gasteiger partial charge in [-0.3, -0.25) is 9.88 Å². The number of aliphatic imine (C=N–C) groups is 1. The molecule has 1 aliphatic heterocycles. The summed E-state index contributed by atoms with van der Waals surface area (Å²) in [5.74, 6) is 2.05. The number of likely N-dealkylation sites (tertiary alicyclic amines) is 1. The molecule has 0 bridgehead atoms. The first-order chi connectivity index (χ1) is 13.9. The Kier molecular flexibility index (Phi) is 7.19. The van der Waals surface area contributed by atoms with Gasteiger partial charge in [-0.15, -0.1) is 0 Å². The van der Waals surface area contributed by atoms with E-state index in [-0.39, 0.29) is 5.41 Å². The zero-order valence-electron chi connectivity index (χ0n) is 18.0. The van der Waals surface area contributed by atoms with Crippen LogP contribution in [0.1, 0.15) is 57.9 Å². The van der Waals surface area contributed by atoms with Crippen LogP contribution in [0.3, 0.4) is 0 Å². The Bertz CT molecular complexity index is 774. The normalized spacial score (nSPS) is 16.8. The van der Waals surface area contributed by atoms with Crippen molar-refractivity contribution in [3.05, 3.63) is 41.8 Å².